The van der Waals surface area contributed by atoms with Crippen LogP contribution in [-0.4, -0.2) is 15.7 Å². The Morgan fingerprint density at radius 1 is 1.00 bits per heavy atom. The maximum atomic E-state index is 13.3. The molecular formula is C29H25ClN2O2S2. The van der Waals surface area contributed by atoms with Crippen molar-refractivity contribution in [1.29, 1.82) is 0 Å². The van der Waals surface area contributed by atoms with Crippen LogP contribution in [0, 0.1) is 17.8 Å². The number of anilines is 1. The topological polar surface area (TPSA) is 51.1 Å². The van der Waals surface area contributed by atoms with Crippen molar-refractivity contribution >= 4 is 57.1 Å². The first kappa shape index (κ1) is 22.6. The molecule has 4 unspecified atom stereocenters. The number of halogens is 1. The van der Waals surface area contributed by atoms with Crippen molar-refractivity contribution in [3.63, 3.8) is 0 Å². The average molecular weight is 533 g/mol. The number of hydrogen-bond donors (Lipinski definition) is 1. The van der Waals surface area contributed by atoms with Gasteiger partial charge in [0, 0.05) is 26.8 Å². The summed E-state index contributed by atoms with van der Waals surface area (Å²) in [6, 6.07) is 22.1. The molecule has 182 valence electrons. The van der Waals surface area contributed by atoms with Crippen molar-refractivity contribution in [2.24, 2.45) is 17.8 Å². The predicted octanol–water partition coefficient (Wildman–Crippen LogP) is 7.01. The quantitative estimate of drug-likeness (QED) is 0.307. The Morgan fingerprint density at radius 2 is 1.78 bits per heavy atom. The van der Waals surface area contributed by atoms with Crippen molar-refractivity contribution in [1.82, 2.24) is 4.57 Å². The number of rotatable bonds is 4. The molecule has 7 rings (SSSR count). The molecule has 2 saturated carbocycles. The van der Waals surface area contributed by atoms with Gasteiger partial charge >= 0.3 is 4.87 Å². The summed E-state index contributed by atoms with van der Waals surface area (Å²) in [5, 5.41) is 7.43. The van der Waals surface area contributed by atoms with Gasteiger partial charge in [-0.3, -0.25) is 14.2 Å². The Labute approximate surface area is 222 Å². The molecular weight excluding hydrogens is 508 g/mol. The lowest BCUT2D eigenvalue weighted by atomic mass is 9.75. The Morgan fingerprint density at radius 3 is 2.61 bits per heavy atom. The van der Waals surface area contributed by atoms with Crippen molar-refractivity contribution in [2.75, 3.05) is 5.32 Å². The number of hydrogen-bond acceptors (Lipinski definition) is 4. The average Bonchev–Trinajstić information content (AvgIpc) is 3.58. The highest BCUT2D eigenvalue weighted by Gasteiger charge is 2.55. The highest BCUT2D eigenvalue weighted by atomic mass is 35.5. The smallest absolute Gasteiger partial charge is 0.308 e. The number of thiazole rings is 1. The summed E-state index contributed by atoms with van der Waals surface area (Å²) in [6.45, 7) is 0.0311. The third-order valence-corrected chi connectivity index (χ3v) is 11.3. The summed E-state index contributed by atoms with van der Waals surface area (Å²) in [6.07, 6.45) is 3.85. The molecule has 2 aliphatic carbocycles. The lowest BCUT2D eigenvalue weighted by Crippen LogP contribution is -2.34. The van der Waals surface area contributed by atoms with Gasteiger partial charge in [-0.15, -0.1) is 11.8 Å². The van der Waals surface area contributed by atoms with E-state index in [9.17, 15) is 9.59 Å². The second kappa shape index (κ2) is 8.79. The summed E-state index contributed by atoms with van der Waals surface area (Å²) < 4.78 is 1.71. The molecule has 5 atom stereocenters. The van der Waals surface area contributed by atoms with E-state index in [2.05, 4.69) is 23.5 Å². The molecule has 0 radical (unpaired) electrons. The maximum absolute atomic E-state index is 13.3. The van der Waals surface area contributed by atoms with Gasteiger partial charge in [0.05, 0.1) is 5.03 Å². The Balaban J connectivity index is 1.22. The molecule has 36 heavy (non-hydrogen) atoms. The van der Waals surface area contributed by atoms with Crippen LogP contribution in [0.2, 0.25) is 5.02 Å². The first-order chi connectivity index (χ1) is 17.5. The molecule has 2 bridgehead atoms. The Kier molecular flexibility index (Phi) is 5.53. The number of amides is 1. The van der Waals surface area contributed by atoms with Crippen LogP contribution in [0.5, 0.6) is 0 Å². The Hall–Kier alpha value is -2.54. The van der Waals surface area contributed by atoms with Gasteiger partial charge in [0.15, 0.2) is 0 Å². The molecule has 1 N–H and O–H groups in total. The van der Waals surface area contributed by atoms with Gasteiger partial charge in [0.25, 0.3) is 0 Å². The van der Waals surface area contributed by atoms with Crippen LogP contribution >= 0.6 is 34.7 Å². The monoisotopic (exact) mass is 532 g/mol. The van der Waals surface area contributed by atoms with Crippen LogP contribution in [0.25, 0.3) is 10.8 Å². The summed E-state index contributed by atoms with van der Waals surface area (Å²) in [5.74, 6) is 1.97. The van der Waals surface area contributed by atoms with Gasteiger partial charge in [-0.25, -0.2) is 0 Å². The molecule has 1 amide bonds. The second-order valence-corrected chi connectivity index (χ2v) is 12.9. The number of carbonyl (C=O) groups excluding carboxylic acids is 1. The number of thioether (sulfide) groups is 1. The van der Waals surface area contributed by atoms with E-state index in [0.29, 0.717) is 23.0 Å². The van der Waals surface area contributed by atoms with Crippen molar-refractivity contribution in [3.05, 3.63) is 91.9 Å². The van der Waals surface area contributed by atoms with Crippen LogP contribution in [0.15, 0.2) is 76.6 Å². The highest BCUT2D eigenvalue weighted by Crippen LogP contribution is 2.64. The van der Waals surface area contributed by atoms with Crippen LogP contribution in [0.4, 0.5) is 5.69 Å². The van der Waals surface area contributed by atoms with E-state index < -0.39 is 0 Å². The minimum absolute atomic E-state index is 0.0311. The molecule has 2 fully saturated rings. The fourth-order valence-electron chi connectivity index (χ4n) is 6.74. The molecule has 0 saturated heterocycles. The van der Waals surface area contributed by atoms with Crippen molar-refractivity contribution in [2.45, 2.75) is 42.0 Å². The third-order valence-electron chi connectivity index (χ3n) is 8.25. The third kappa shape index (κ3) is 3.73. The van der Waals surface area contributed by atoms with Gasteiger partial charge < -0.3 is 5.32 Å². The molecule has 2 heterocycles. The SMILES string of the molecule is O=C(Cn1c2c(sc1=O)[C@H](c1ccc(Cl)cc1)C1C3CCC(C3)C1S2)Nc1ccc2ccccc2c1. The fraction of sp³-hybridized carbons (Fsp3) is 0.310. The molecule has 1 aliphatic heterocycles. The lowest BCUT2D eigenvalue weighted by Gasteiger charge is -2.40. The molecule has 0 spiro atoms. The number of nitrogens with zero attached hydrogens (tertiary/aromatic N) is 1. The second-order valence-electron chi connectivity index (χ2n) is 10.3. The number of carbonyl (C=O) groups is 1. The number of benzene rings is 3. The van der Waals surface area contributed by atoms with E-state index in [4.69, 9.17) is 11.6 Å². The van der Waals surface area contributed by atoms with Gasteiger partial charge in [-0.1, -0.05) is 65.4 Å². The Bertz CT molecular complexity index is 1540. The van der Waals surface area contributed by atoms with E-state index in [-0.39, 0.29) is 23.2 Å². The lowest BCUT2D eigenvalue weighted by molar-refractivity contribution is -0.116. The first-order valence-electron chi connectivity index (χ1n) is 12.5. The summed E-state index contributed by atoms with van der Waals surface area (Å²) >= 11 is 9.39. The number of aromatic nitrogens is 1. The van der Waals surface area contributed by atoms with E-state index >= 15 is 0 Å². The first-order valence-corrected chi connectivity index (χ1v) is 14.6. The van der Waals surface area contributed by atoms with Gasteiger partial charge in [-0.05, 0) is 77.6 Å². The van der Waals surface area contributed by atoms with Crippen molar-refractivity contribution < 1.29 is 4.79 Å². The van der Waals surface area contributed by atoms with Crippen LogP contribution < -0.4 is 10.2 Å². The normalized spacial score (nSPS) is 26.1. The summed E-state index contributed by atoms with van der Waals surface area (Å²) in [7, 11) is 0. The summed E-state index contributed by atoms with van der Waals surface area (Å²) in [4.78, 5) is 27.4. The largest absolute Gasteiger partial charge is 0.325 e. The molecule has 7 heteroatoms. The predicted molar refractivity (Wildman–Crippen MR) is 148 cm³/mol. The maximum Gasteiger partial charge on any atom is 0.308 e. The standard InChI is InChI=1S/C29H25ClN2O2S2/c30-21-10-7-17(8-11-21)24-25-19-5-6-20(13-19)26(25)35-28-27(24)36-29(34)32(28)15-23(33)31-22-12-9-16-3-1-2-4-18(16)14-22/h1-4,7-12,14,19-20,24-26H,5-6,13,15H2,(H,31,33)/t19?,20?,24-,25?,26?/m1/s1. The zero-order valence-corrected chi connectivity index (χ0v) is 21.9. The van der Waals surface area contributed by atoms with Gasteiger partial charge in [0.1, 0.15) is 6.54 Å². The molecule has 3 aromatic carbocycles. The molecule has 1 aromatic heterocycles. The molecule has 4 aromatic rings. The molecule has 4 nitrogen and oxygen atoms in total. The molecule has 3 aliphatic rings. The van der Waals surface area contributed by atoms with Gasteiger partial charge in [0.2, 0.25) is 5.91 Å². The van der Waals surface area contributed by atoms with Crippen LogP contribution in [-0.2, 0) is 11.3 Å². The minimum Gasteiger partial charge on any atom is -0.325 e. The van der Waals surface area contributed by atoms with E-state index in [0.717, 1.165) is 31.4 Å². The zero-order chi connectivity index (χ0) is 24.4. The highest BCUT2D eigenvalue weighted by molar-refractivity contribution is 8.00. The number of nitrogens with one attached hydrogen (secondary N) is 1. The van der Waals surface area contributed by atoms with Crippen LogP contribution in [0.1, 0.15) is 35.6 Å². The minimum atomic E-state index is -0.174. The van der Waals surface area contributed by atoms with E-state index in [1.165, 1.54) is 36.2 Å². The van der Waals surface area contributed by atoms with Gasteiger partial charge in [-0.2, -0.15) is 0 Å². The van der Waals surface area contributed by atoms with E-state index in [1.54, 1.807) is 4.57 Å². The van der Waals surface area contributed by atoms with Crippen molar-refractivity contribution in [3.8, 4) is 0 Å². The fourth-order valence-corrected chi connectivity index (χ4v) is 10.0. The summed E-state index contributed by atoms with van der Waals surface area (Å²) in [5.41, 5.74) is 1.98. The van der Waals surface area contributed by atoms with Crippen LogP contribution in [0.3, 0.4) is 0 Å². The zero-order valence-electron chi connectivity index (χ0n) is 19.5. The number of fused-ring (bicyclic) bond motifs is 7. The van der Waals surface area contributed by atoms with E-state index in [1.807, 2.05) is 60.3 Å².